The Labute approximate surface area is 127 Å². The molecule has 5 nitrogen and oxygen atoms in total. The van der Waals surface area contributed by atoms with Crippen LogP contribution in [0, 0.1) is 5.82 Å². The van der Waals surface area contributed by atoms with Crippen molar-refractivity contribution in [1.82, 2.24) is 4.98 Å². The van der Waals surface area contributed by atoms with Crippen molar-refractivity contribution >= 4 is 5.97 Å². The largest absolute Gasteiger partial charge is 0.496 e. The third kappa shape index (κ3) is 3.33. The zero-order chi connectivity index (χ0) is 16.1. The molecule has 1 aromatic heterocycles. The molecule has 0 aliphatic rings. The number of methoxy groups -OCH3 is 2. The van der Waals surface area contributed by atoms with Gasteiger partial charge in [0.1, 0.15) is 17.4 Å². The lowest BCUT2D eigenvalue weighted by Crippen LogP contribution is -2.08. The molecule has 2 aromatic rings. The Morgan fingerprint density at radius 1 is 1.18 bits per heavy atom. The molecule has 0 radical (unpaired) electrons. The number of ether oxygens (including phenoxy) is 3. The number of carbonyl (C=O) groups is 1. The lowest BCUT2D eigenvalue weighted by atomic mass is 10.1. The molecule has 1 heterocycles. The molecule has 1 atom stereocenters. The second kappa shape index (κ2) is 6.89. The van der Waals surface area contributed by atoms with Crippen LogP contribution in [0.1, 0.15) is 28.9 Å². The van der Waals surface area contributed by atoms with Crippen molar-refractivity contribution in [3.05, 3.63) is 53.6 Å². The Kier molecular flexibility index (Phi) is 4.93. The summed E-state index contributed by atoms with van der Waals surface area (Å²) in [5, 5.41) is 0. The van der Waals surface area contributed by atoms with Crippen LogP contribution in [-0.4, -0.2) is 25.2 Å². The molecule has 0 unspecified atom stereocenters. The maximum atomic E-state index is 14.1. The van der Waals surface area contributed by atoms with Gasteiger partial charge in [-0.2, -0.15) is 0 Å². The summed E-state index contributed by atoms with van der Waals surface area (Å²) >= 11 is 0. The Morgan fingerprint density at radius 3 is 2.45 bits per heavy atom. The second-order valence-electron chi connectivity index (χ2n) is 4.52. The van der Waals surface area contributed by atoms with Gasteiger partial charge in [-0.25, -0.2) is 9.18 Å². The second-order valence-corrected chi connectivity index (χ2v) is 4.52. The minimum absolute atomic E-state index is 0.00573. The van der Waals surface area contributed by atoms with E-state index in [0.717, 1.165) is 11.6 Å². The van der Waals surface area contributed by atoms with Crippen molar-refractivity contribution in [1.29, 1.82) is 0 Å². The van der Waals surface area contributed by atoms with Crippen molar-refractivity contribution in [2.45, 2.75) is 13.0 Å². The van der Waals surface area contributed by atoms with Crippen LogP contribution in [0.15, 0.2) is 36.7 Å². The molecular formula is C16H16FNO4. The summed E-state index contributed by atoms with van der Waals surface area (Å²) in [6.45, 7) is 1.79. The quantitative estimate of drug-likeness (QED) is 0.794. The SMILES string of the molecule is COC(=O)c1cc(F)c(O[C@@H](C)c2ccncc2)cc1OC. The third-order valence-corrected chi connectivity index (χ3v) is 3.14. The Morgan fingerprint density at radius 2 is 1.86 bits per heavy atom. The average molecular weight is 305 g/mol. The predicted molar refractivity (Wildman–Crippen MR) is 77.6 cm³/mol. The highest BCUT2D eigenvalue weighted by Gasteiger charge is 2.19. The van der Waals surface area contributed by atoms with Crippen LogP contribution in [0.2, 0.25) is 0 Å². The number of benzene rings is 1. The number of aromatic nitrogens is 1. The first kappa shape index (κ1) is 15.8. The zero-order valence-electron chi connectivity index (χ0n) is 12.5. The van der Waals surface area contributed by atoms with Gasteiger partial charge < -0.3 is 14.2 Å². The molecule has 0 saturated carbocycles. The number of rotatable bonds is 5. The fourth-order valence-electron chi connectivity index (χ4n) is 1.96. The number of pyridine rings is 1. The van der Waals surface area contributed by atoms with Crippen molar-refractivity contribution in [2.75, 3.05) is 14.2 Å². The molecule has 0 bridgehead atoms. The molecule has 1 aromatic carbocycles. The number of esters is 1. The van der Waals surface area contributed by atoms with Gasteiger partial charge in [-0.1, -0.05) is 0 Å². The number of hydrogen-bond donors (Lipinski definition) is 0. The van der Waals surface area contributed by atoms with E-state index in [-0.39, 0.29) is 23.2 Å². The molecule has 0 spiro atoms. The lowest BCUT2D eigenvalue weighted by molar-refractivity contribution is 0.0596. The zero-order valence-corrected chi connectivity index (χ0v) is 12.5. The van der Waals surface area contributed by atoms with E-state index in [0.29, 0.717) is 0 Å². The van der Waals surface area contributed by atoms with E-state index in [9.17, 15) is 9.18 Å². The van der Waals surface area contributed by atoms with Gasteiger partial charge in [-0.15, -0.1) is 0 Å². The molecule has 22 heavy (non-hydrogen) atoms. The smallest absolute Gasteiger partial charge is 0.341 e. The van der Waals surface area contributed by atoms with E-state index in [1.54, 1.807) is 31.5 Å². The monoisotopic (exact) mass is 305 g/mol. The van der Waals surface area contributed by atoms with Crippen molar-refractivity contribution in [3.8, 4) is 11.5 Å². The number of nitrogens with zero attached hydrogens (tertiary/aromatic N) is 1. The van der Waals surface area contributed by atoms with E-state index in [4.69, 9.17) is 9.47 Å². The first-order valence-corrected chi connectivity index (χ1v) is 6.59. The summed E-state index contributed by atoms with van der Waals surface area (Å²) in [6, 6.07) is 5.93. The van der Waals surface area contributed by atoms with Gasteiger partial charge in [0.05, 0.1) is 14.2 Å². The standard InChI is InChI=1S/C16H16FNO4/c1-10(11-4-6-18-7-5-11)22-15-9-14(20-2)12(8-13(15)17)16(19)21-3/h4-10H,1-3H3/t10-/m0/s1. The minimum Gasteiger partial charge on any atom is -0.496 e. The van der Waals surface area contributed by atoms with E-state index in [1.165, 1.54) is 20.3 Å². The molecule has 0 fully saturated rings. The molecule has 0 aliphatic heterocycles. The molecule has 0 saturated heterocycles. The fourth-order valence-corrected chi connectivity index (χ4v) is 1.96. The van der Waals surface area contributed by atoms with Crippen LogP contribution < -0.4 is 9.47 Å². The van der Waals surface area contributed by atoms with E-state index >= 15 is 0 Å². The van der Waals surface area contributed by atoms with Gasteiger partial charge >= 0.3 is 5.97 Å². The number of hydrogen-bond acceptors (Lipinski definition) is 5. The van der Waals surface area contributed by atoms with Crippen LogP contribution in [-0.2, 0) is 4.74 Å². The molecular weight excluding hydrogens is 289 g/mol. The van der Waals surface area contributed by atoms with Crippen LogP contribution in [0.5, 0.6) is 11.5 Å². The fraction of sp³-hybridized carbons (Fsp3) is 0.250. The van der Waals surface area contributed by atoms with E-state index < -0.39 is 11.8 Å². The lowest BCUT2D eigenvalue weighted by Gasteiger charge is -2.17. The average Bonchev–Trinajstić information content (AvgIpc) is 2.56. The third-order valence-electron chi connectivity index (χ3n) is 3.14. The van der Waals surface area contributed by atoms with Crippen molar-refractivity contribution in [3.63, 3.8) is 0 Å². The van der Waals surface area contributed by atoms with Gasteiger partial charge in [0.25, 0.3) is 0 Å². The summed E-state index contributed by atoms with van der Waals surface area (Å²) in [5.41, 5.74) is 0.858. The van der Waals surface area contributed by atoms with Crippen LogP contribution >= 0.6 is 0 Å². The van der Waals surface area contributed by atoms with Gasteiger partial charge in [0.15, 0.2) is 11.6 Å². The van der Waals surface area contributed by atoms with Gasteiger partial charge in [0.2, 0.25) is 0 Å². The van der Waals surface area contributed by atoms with Gasteiger partial charge in [-0.3, -0.25) is 4.98 Å². The highest BCUT2D eigenvalue weighted by molar-refractivity contribution is 5.92. The first-order valence-electron chi connectivity index (χ1n) is 6.59. The molecule has 0 N–H and O–H groups in total. The van der Waals surface area contributed by atoms with E-state index in [2.05, 4.69) is 9.72 Å². The molecule has 116 valence electrons. The number of carbonyl (C=O) groups excluding carboxylic acids is 1. The molecule has 2 rings (SSSR count). The van der Waals surface area contributed by atoms with Gasteiger partial charge in [0, 0.05) is 18.5 Å². The van der Waals surface area contributed by atoms with Crippen LogP contribution in [0.4, 0.5) is 4.39 Å². The topological polar surface area (TPSA) is 57.7 Å². The highest BCUT2D eigenvalue weighted by atomic mass is 19.1. The van der Waals surface area contributed by atoms with Gasteiger partial charge in [-0.05, 0) is 30.7 Å². The first-order chi connectivity index (χ1) is 10.6. The predicted octanol–water partition coefficient (Wildman–Crippen LogP) is 3.16. The normalized spacial score (nSPS) is 11.6. The van der Waals surface area contributed by atoms with Crippen molar-refractivity contribution in [2.24, 2.45) is 0 Å². The molecule has 0 aliphatic carbocycles. The summed E-state index contributed by atoms with van der Waals surface area (Å²) < 4.78 is 29.4. The summed E-state index contributed by atoms with van der Waals surface area (Å²) in [7, 11) is 2.60. The highest BCUT2D eigenvalue weighted by Crippen LogP contribution is 2.31. The van der Waals surface area contributed by atoms with Crippen molar-refractivity contribution < 1.29 is 23.4 Å². The molecule has 0 amide bonds. The Hall–Kier alpha value is -2.63. The summed E-state index contributed by atoms with van der Waals surface area (Å²) in [4.78, 5) is 15.5. The van der Waals surface area contributed by atoms with Crippen LogP contribution in [0.25, 0.3) is 0 Å². The maximum Gasteiger partial charge on any atom is 0.341 e. The Balaban J connectivity index is 2.30. The Bertz CT molecular complexity index is 661. The summed E-state index contributed by atoms with van der Waals surface area (Å²) in [5.74, 6) is -1.16. The van der Waals surface area contributed by atoms with Crippen LogP contribution in [0.3, 0.4) is 0 Å². The molecule has 6 heteroatoms. The maximum absolute atomic E-state index is 14.1. The minimum atomic E-state index is -0.676. The number of halogens is 1. The summed E-state index contributed by atoms with van der Waals surface area (Å²) in [6.07, 6.45) is 2.88. The van der Waals surface area contributed by atoms with E-state index in [1.807, 2.05) is 0 Å².